The molecule has 88 valence electrons. The maximum Gasteiger partial charge on any atom is 0.190 e. The van der Waals surface area contributed by atoms with Crippen molar-refractivity contribution in [1.29, 1.82) is 0 Å². The van der Waals surface area contributed by atoms with Crippen LogP contribution in [0.15, 0.2) is 11.4 Å². The van der Waals surface area contributed by atoms with E-state index in [1.807, 2.05) is 18.4 Å². The number of hydrogen-bond acceptors (Lipinski definition) is 6. The molecule has 3 rings (SSSR count). The zero-order valence-electron chi connectivity index (χ0n) is 9.47. The van der Waals surface area contributed by atoms with Gasteiger partial charge in [-0.05, 0) is 19.8 Å². The Kier molecular flexibility index (Phi) is 2.53. The Labute approximate surface area is 103 Å². The molecule has 6 heteroatoms. The zero-order valence-corrected chi connectivity index (χ0v) is 10.3. The Morgan fingerprint density at radius 2 is 2.18 bits per heavy atom. The molecule has 17 heavy (non-hydrogen) atoms. The smallest absolute Gasteiger partial charge is 0.190 e. The molecule has 0 spiro atoms. The summed E-state index contributed by atoms with van der Waals surface area (Å²) in [6, 6.07) is 1.92. The van der Waals surface area contributed by atoms with Crippen molar-refractivity contribution in [1.82, 2.24) is 15.0 Å². The summed E-state index contributed by atoms with van der Waals surface area (Å²) >= 11 is 1.56. The highest BCUT2D eigenvalue weighted by Crippen LogP contribution is 2.40. The number of rotatable bonds is 3. The molecule has 0 bridgehead atoms. The number of thiazole rings is 1. The van der Waals surface area contributed by atoms with Crippen molar-refractivity contribution in [3.63, 3.8) is 0 Å². The molecule has 0 saturated heterocycles. The van der Waals surface area contributed by atoms with E-state index < -0.39 is 0 Å². The predicted molar refractivity (Wildman–Crippen MR) is 67.7 cm³/mol. The Balaban J connectivity index is 2.05. The molecule has 0 atom stereocenters. The van der Waals surface area contributed by atoms with Crippen LogP contribution in [0.3, 0.4) is 0 Å². The fraction of sp³-hybridized carbons (Fsp3) is 0.364. The fourth-order valence-electron chi connectivity index (χ4n) is 1.68. The van der Waals surface area contributed by atoms with Gasteiger partial charge in [0.05, 0.1) is 0 Å². The van der Waals surface area contributed by atoms with E-state index in [0.29, 0.717) is 17.6 Å². The third-order valence-electron chi connectivity index (χ3n) is 2.70. The molecule has 5 nitrogen and oxygen atoms in total. The van der Waals surface area contributed by atoms with Gasteiger partial charge in [-0.3, -0.25) is 0 Å². The van der Waals surface area contributed by atoms with Crippen LogP contribution in [-0.2, 0) is 0 Å². The lowest BCUT2D eigenvalue weighted by atomic mass is 10.2. The second kappa shape index (κ2) is 4.05. The summed E-state index contributed by atoms with van der Waals surface area (Å²) in [4.78, 5) is 13.3. The van der Waals surface area contributed by atoms with Crippen LogP contribution in [0.4, 0.5) is 5.82 Å². The molecule has 1 fully saturated rings. The van der Waals surface area contributed by atoms with Gasteiger partial charge in [-0.15, -0.1) is 11.3 Å². The summed E-state index contributed by atoms with van der Waals surface area (Å²) in [6.07, 6.45) is 2.41. The SMILES string of the molecule is Cc1csc(-c2nc(NN)cc(C3CC3)n2)n1. The molecule has 1 aliphatic carbocycles. The van der Waals surface area contributed by atoms with Crippen molar-refractivity contribution >= 4 is 17.2 Å². The third-order valence-corrected chi connectivity index (χ3v) is 3.66. The number of aryl methyl sites for hydroxylation is 1. The Hall–Kier alpha value is -1.53. The van der Waals surface area contributed by atoms with Gasteiger partial charge in [0.25, 0.3) is 0 Å². The number of hydrogen-bond donors (Lipinski definition) is 2. The standard InChI is InChI=1S/C11H13N5S/c1-6-5-17-11(13-6)10-14-8(7-2-3-7)4-9(15-10)16-12/h4-5,7H,2-3,12H2,1H3,(H,14,15,16). The van der Waals surface area contributed by atoms with Crippen LogP contribution < -0.4 is 11.3 Å². The van der Waals surface area contributed by atoms with Crippen molar-refractivity contribution in [2.24, 2.45) is 5.84 Å². The molecular weight excluding hydrogens is 234 g/mol. The second-order valence-electron chi connectivity index (χ2n) is 4.21. The van der Waals surface area contributed by atoms with Gasteiger partial charge in [0, 0.05) is 28.8 Å². The fourth-order valence-corrected chi connectivity index (χ4v) is 2.41. The van der Waals surface area contributed by atoms with E-state index in [1.165, 1.54) is 12.8 Å². The minimum absolute atomic E-state index is 0.574. The first-order valence-corrected chi connectivity index (χ1v) is 6.42. The van der Waals surface area contributed by atoms with Crippen LogP contribution in [0.1, 0.15) is 30.1 Å². The summed E-state index contributed by atoms with van der Waals surface area (Å²) < 4.78 is 0. The van der Waals surface area contributed by atoms with Crippen LogP contribution in [0.25, 0.3) is 10.8 Å². The van der Waals surface area contributed by atoms with Gasteiger partial charge >= 0.3 is 0 Å². The van der Waals surface area contributed by atoms with E-state index in [-0.39, 0.29) is 0 Å². The quantitative estimate of drug-likeness (QED) is 0.641. The molecule has 0 amide bonds. The summed E-state index contributed by atoms with van der Waals surface area (Å²) in [7, 11) is 0. The summed E-state index contributed by atoms with van der Waals surface area (Å²) in [6.45, 7) is 1.97. The third kappa shape index (κ3) is 2.13. The molecule has 0 aromatic carbocycles. The van der Waals surface area contributed by atoms with E-state index in [1.54, 1.807) is 11.3 Å². The van der Waals surface area contributed by atoms with Crippen LogP contribution in [0.5, 0.6) is 0 Å². The number of hydrazine groups is 1. The van der Waals surface area contributed by atoms with Gasteiger partial charge in [0.2, 0.25) is 0 Å². The van der Waals surface area contributed by atoms with Crippen molar-refractivity contribution in [3.8, 4) is 10.8 Å². The molecule has 1 saturated carbocycles. The highest BCUT2D eigenvalue weighted by molar-refractivity contribution is 7.13. The van der Waals surface area contributed by atoms with E-state index >= 15 is 0 Å². The minimum Gasteiger partial charge on any atom is -0.308 e. The summed E-state index contributed by atoms with van der Waals surface area (Å²) in [5.41, 5.74) is 4.65. The van der Waals surface area contributed by atoms with E-state index in [2.05, 4.69) is 20.4 Å². The Bertz CT molecular complexity index is 547. The number of nitrogens with zero attached hydrogens (tertiary/aromatic N) is 3. The van der Waals surface area contributed by atoms with Gasteiger partial charge < -0.3 is 5.43 Å². The molecular formula is C11H13N5S. The van der Waals surface area contributed by atoms with E-state index in [0.717, 1.165) is 16.4 Å². The molecule has 2 aromatic heterocycles. The monoisotopic (exact) mass is 247 g/mol. The van der Waals surface area contributed by atoms with Crippen molar-refractivity contribution in [2.75, 3.05) is 5.43 Å². The Morgan fingerprint density at radius 3 is 2.76 bits per heavy atom. The maximum atomic E-state index is 5.43. The molecule has 0 unspecified atom stereocenters. The average Bonchev–Trinajstić information content (AvgIpc) is 3.11. The second-order valence-corrected chi connectivity index (χ2v) is 5.07. The predicted octanol–water partition coefficient (Wildman–Crippen LogP) is 2.07. The molecule has 3 N–H and O–H groups in total. The minimum atomic E-state index is 0.574. The van der Waals surface area contributed by atoms with Crippen molar-refractivity contribution in [2.45, 2.75) is 25.7 Å². The largest absolute Gasteiger partial charge is 0.308 e. The van der Waals surface area contributed by atoms with E-state index in [4.69, 9.17) is 5.84 Å². The highest BCUT2D eigenvalue weighted by Gasteiger charge is 2.26. The maximum absolute atomic E-state index is 5.43. The normalized spacial score (nSPS) is 14.9. The van der Waals surface area contributed by atoms with Gasteiger partial charge in [0.15, 0.2) is 10.8 Å². The van der Waals surface area contributed by atoms with Gasteiger partial charge in [0.1, 0.15) is 5.82 Å². The molecule has 0 aliphatic heterocycles. The Morgan fingerprint density at radius 1 is 1.35 bits per heavy atom. The van der Waals surface area contributed by atoms with E-state index in [9.17, 15) is 0 Å². The first kappa shape index (κ1) is 10.6. The van der Waals surface area contributed by atoms with Crippen molar-refractivity contribution < 1.29 is 0 Å². The molecule has 2 aromatic rings. The number of anilines is 1. The molecule has 1 aliphatic rings. The lowest BCUT2D eigenvalue weighted by Crippen LogP contribution is -2.10. The summed E-state index contributed by atoms with van der Waals surface area (Å²) in [5.74, 6) is 7.33. The molecule has 2 heterocycles. The van der Waals surface area contributed by atoms with Crippen LogP contribution in [0, 0.1) is 6.92 Å². The first-order chi connectivity index (χ1) is 8.26. The van der Waals surface area contributed by atoms with Gasteiger partial charge in [-0.2, -0.15) is 0 Å². The lowest BCUT2D eigenvalue weighted by Gasteiger charge is -2.04. The first-order valence-electron chi connectivity index (χ1n) is 5.54. The lowest BCUT2D eigenvalue weighted by molar-refractivity contribution is 0.987. The number of aromatic nitrogens is 3. The number of nitrogen functional groups attached to an aromatic ring is 1. The van der Waals surface area contributed by atoms with Gasteiger partial charge in [-0.25, -0.2) is 20.8 Å². The highest BCUT2D eigenvalue weighted by atomic mass is 32.1. The van der Waals surface area contributed by atoms with Crippen LogP contribution in [-0.4, -0.2) is 15.0 Å². The van der Waals surface area contributed by atoms with Crippen molar-refractivity contribution in [3.05, 3.63) is 22.8 Å². The topological polar surface area (TPSA) is 76.7 Å². The molecule has 0 radical (unpaired) electrons. The van der Waals surface area contributed by atoms with Crippen LogP contribution in [0.2, 0.25) is 0 Å². The van der Waals surface area contributed by atoms with Crippen LogP contribution >= 0.6 is 11.3 Å². The summed E-state index contributed by atoms with van der Waals surface area (Å²) in [5, 5.41) is 2.85. The number of nitrogens with two attached hydrogens (primary N) is 1. The zero-order chi connectivity index (χ0) is 11.8. The number of nitrogens with one attached hydrogen (secondary N) is 1. The average molecular weight is 247 g/mol. The van der Waals surface area contributed by atoms with Gasteiger partial charge in [-0.1, -0.05) is 0 Å².